The molecule has 0 saturated carbocycles. The normalized spacial score (nSPS) is 15.7. The van der Waals surface area contributed by atoms with Gasteiger partial charge in [-0.1, -0.05) is 65.6 Å². The van der Waals surface area contributed by atoms with Crippen LogP contribution in [0, 0.1) is 26.2 Å². The number of anilines is 1. The fourth-order valence-electron chi connectivity index (χ4n) is 3.28. The molecule has 128 valence electrons. The van der Waals surface area contributed by atoms with Crippen molar-refractivity contribution < 1.29 is 0 Å². The van der Waals surface area contributed by atoms with Crippen LogP contribution < -0.4 is 5.32 Å². The second kappa shape index (κ2) is 6.65. The van der Waals surface area contributed by atoms with Crippen LogP contribution in [-0.2, 0) is 0 Å². The number of fused-ring (bicyclic) bond motifs is 1. The Morgan fingerprint density at radius 2 is 1.42 bits per heavy atom. The van der Waals surface area contributed by atoms with Crippen LogP contribution in [0.2, 0.25) is 0 Å². The number of terminal acetylenes is 1. The summed E-state index contributed by atoms with van der Waals surface area (Å²) in [6.45, 7) is 5.00. The third kappa shape index (κ3) is 2.95. The molecule has 2 heterocycles. The minimum Gasteiger partial charge on any atom is -0.368 e. The average Bonchev–Trinajstić information content (AvgIpc) is 2.68. The molecule has 26 heavy (non-hydrogen) atoms. The molecule has 3 aromatic rings. The van der Waals surface area contributed by atoms with Gasteiger partial charge in [-0.25, -0.2) is 9.97 Å². The molecule has 0 amide bonds. The fraction of sp³-hybridized carbons (Fsp3) is 0.217. The van der Waals surface area contributed by atoms with Crippen LogP contribution >= 0.6 is 0 Å². The summed E-state index contributed by atoms with van der Waals surface area (Å²) in [5.41, 5.74) is 7.22. The molecule has 4 rings (SSSR count). The molecule has 0 fully saturated rings. The van der Waals surface area contributed by atoms with Crippen LogP contribution in [0.15, 0.2) is 48.5 Å². The molecule has 1 unspecified atom stereocenters. The van der Waals surface area contributed by atoms with Crippen molar-refractivity contribution in [1.29, 1.82) is 0 Å². The van der Waals surface area contributed by atoms with E-state index in [1.807, 2.05) is 0 Å². The average molecular weight is 339 g/mol. The van der Waals surface area contributed by atoms with Crippen molar-refractivity contribution in [3.63, 3.8) is 0 Å². The standard InChI is InChI=1S/C23H21N3/c1-4-17-13-14-24-23-22(17)25-20(18-9-5-15(2)6-10-18)21(26-23)19-11-7-16(3)8-12-19/h1,5-12,17H,13-14H2,2-3H3,(H,24,26). The van der Waals surface area contributed by atoms with Gasteiger partial charge in [0.05, 0.1) is 23.0 Å². The first-order valence-electron chi connectivity index (χ1n) is 8.91. The van der Waals surface area contributed by atoms with E-state index in [0.717, 1.165) is 47.0 Å². The number of benzene rings is 2. The van der Waals surface area contributed by atoms with E-state index >= 15 is 0 Å². The van der Waals surface area contributed by atoms with Gasteiger partial charge in [0, 0.05) is 17.7 Å². The zero-order valence-corrected chi connectivity index (χ0v) is 15.1. The number of hydrogen-bond donors (Lipinski definition) is 1. The van der Waals surface area contributed by atoms with Crippen molar-refractivity contribution >= 4 is 5.82 Å². The van der Waals surface area contributed by atoms with E-state index in [-0.39, 0.29) is 5.92 Å². The van der Waals surface area contributed by atoms with Crippen LogP contribution in [0.4, 0.5) is 5.82 Å². The summed E-state index contributed by atoms with van der Waals surface area (Å²) < 4.78 is 0. The lowest BCUT2D eigenvalue weighted by molar-refractivity contribution is 0.726. The highest BCUT2D eigenvalue weighted by Gasteiger charge is 2.24. The lowest BCUT2D eigenvalue weighted by Crippen LogP contribution is -2.19. The molecule has 0 bridgehead atoms. The predicted octanol–water partition coefficient (Wildman–Crippen LogP) is 4.96. The Morgan fingerprint density at radius 1 is 0.885 bits per heavy atom. The Morgan fingerprint density at radius 3 is 1.96 bits per heavy atom. The molecule has 3 heteroatoms. The van der Waals surface area contributed by atoms with Gasteiger partial charge in [-0.05, 0) is 20.3 Å². The Labute approximate surface area is 154 Å². The quantitative estimate of drug-likeness (QED) is 0.671. The van der Waals surface area contributed by atoms with Gasteiger partial charge in [-0.3, -0.25) is 0 Å². The topological polar surface area (TPSA) is 37.8 Å². The SMILES string of the molecule is C#CC1CCNc2nc(-c3ccc(C)cc3)c(-c3ccc(C)cc3)nc21. The summed E-state index contributed by atoms with van der Waals surface area (Å²) in [5.74, 6) is 3.69. The molecule has 1 atom stereocenters. The van der Waals surface area contributed by atoms with Gasteiger partial charge in [0.25, 0.3) is 0 Å². The lowest BCUT2D eigenvalue weighted by atomic mass is 9.96. The second-order valence-electron chi connectivity index (χ2n) is 6.82. The third-order valence-corrected chi connectivity index (χ3v) is 4.83. The molecule has 0 saturated heterocycles. The Bertz CT molecular complexity index is 980. The van der Waals surface area contributed by atoms with Crippen molar-refractivity contribution in [3.05, 3.63) is 65.4 Å². The predicted molar refractivity (Wildman–Crippen MR) is 107 cm³/mol. The first kappa shape index (κ1) is 16.4. The summed E-state index contributed by atoms with van der Waals surface area (Å²) in [5, 5.41) is 3.37. The summed E-state index contributed by atoms with van der Waals surface area (Å²) in [6, 6.07) is 16.8. The number of aryl methyl sites for hydroxylation is 2. The maximum absolute atomic E-state index is 5.75. The van der Waals surface area contributed by atoms with Crippen molar-refractivity contribution in [2.45, 2.75) is 26.2 Å². The molecule has 1 N–H and O–H groups in total. The van der Waals surface area contributed by atoms with Crippen molar-refractivity contribution in [3.8, 4) is 34.9 Å². The van der Waals surface area contributed by atoms with Gasteiger partial charge >= 0.3 is 0 Å². The van der Waals surface area contributed by atoms with E-state index in [4.69, 9.17) is 16.4 Å². The van der Waals surface area contributed by atoms with E-state index in [0.29, 0.717) is 0 Å². The molecule has 0 spiro atoms. The van der Waals surface area contributed by atoms with Gasteiger partial charge in [0.15, 0.2) is 0 Å². The van der Waals surface area contributed by atoms with Gasteiger partial charge in [-0.15, -0.1) is 6.42 Å². The van der Waals surface area contributed by atoms with E-state index in [9.17, 15) is 0 Å². The maximum Gasteiger partial charge on any atom is 0.149 e. The molecular formula is C23H21N3. The highest BCUT2D eigenvalue weighted by Crippen LogP contribution is 2.36. The Kier molecular flexibility index (Phi) is 4.18. The zero-order valence-electron chi connectivity index (χ0n) is 15.1. The van der Waals surface area contributed by atoms with Crippen molar-refractivity contribution in [1.82, 2.24) is 9.97 Å². The molecule has 1 aliphatic heterocycles. The highest BCUT2D eigenvalue weighted by atomic mass is 15.0. The smallest absolute Gasteiger partial charge is 0.149 e. The van der Waals surface area contributed by atoms with E-state index < -0.39 is 0 Å². The largest absolute Gasteiger partial charge is 0.368 e. The van der Waals surface area contributed by atoms with Crippen molar-refractivity contribution in [2.24, 2.45) is 0 Å². The fourth-order valence-corrected chi connectivity index (χ4v) is 3.28. The van der Waals surface area contributed by atoms with Crippen LogP contribution in [-0.4, -0.2) is 16.5 Å². The Hall–Kier alpha value is -3.12. The van der Waals surface area contributed by atoms with Crippen molar-refractivity contribution in [2.75, 3.05) is 11.9 Å². The number of hydrogen-bond acceptors (Lipinski definition) is 3. The monoisotopic (exact) mass is 339 g/mol. The molecule has 3 nitrogen and oxygen atoms in total. The lowest BCUT2D eigenvalue weighted by Gasteiger charge is -2.23. The summed E-state index contributed by atoms with van der Waals surface area (Å²) in [7, 11) is 0. The first-order chi connectivity index (χ1) is 12.7. The minimum absolute atomic E-state index is 0.00927. The number of rotatable bonds is 2. The molecule has 1 aromatic heterocycles. The van der Waals surface area contributed by atoms with Crippen LogP contribution in [0.1, 0.15) is 29.2 Å². The van der Waals surface area contributed by atoms with Gasteiger partial charge in [0.1, 0.15) is 5.82 Å². The number of aromatic nitrogens is 2. The zero-order chi connectivity index (χ0) is 18.1. The molecule has 0 aliphatic carbocycles. The summed E-state index contributed by atoms with van der Waals surface area (Å²) in [4.78, 5) is 9.94. The third-order valence-electron chi connectivity index (χ3n) is 4.83. The number of nitrogens with zero attached hydrogens (tertiary/aromatic N) is 2. The van der Waals surface area contributed by atoms with Gasteiger partial charge in [-0.2, -0.15) is 0 Å². The van der Waals surface area contributed by atoms with Gasteiger partial charge < -0.3 is 5.32 Å². The van der Waals surface area contributed by atoms with Crippen LogP contribution in [0.5, 0.6) is 0 Å². The van der Waals surface area contributed by atoms with Crippen LogP contribution in [0.3, 0.4) is 0 Å². The van der Waals surface area contributed by atoms with E-state index in [1.54, 1.807) is 0 Å². The Balaban J connectivity index is 1.95. The van der Waals surface area contributed by atoms with E-state index in [2.05, 4.69) is 73.6 Å². The summed E-state index contributed by atoms with van der Waals surface area (Å²) in [6.07, 6.45) is 6.63. The van der Waals surface area contributed by atoms with E-state index in [1.165, 1.54) is 11.1 Å². The molecule has 1 aliphatic rings. The second-order valence-corrected chi connectivity index (χ2v) is 6.82. The minimum atomic E-state index is 0.00927. The highest BCUT2D eigenvalue weighted by molar-refractivity contribution is 5.80. The van der Waals surface area contributed by atoms with Gasteiger partial charge in [0.2, 0.25) is 0 Å². The summed E-state index contributed by atoms with van der Waals surface area (Å²) >= 11 is 0. The number of nitrogens with one attached hydrogen (secondary N) is 1. The van der Waals surface area contributed by atoms with Crippen LogP contribution in [0.25, 0.3) is 22.5 Å². The molecular weight excluding hydrogens is 318 g/mol. The molecule has 0 radical (unpaired) electrons. The molecule has 2 aromatic carbocycles. The maximum atomic E-state index is 5.75. The first-order valence-corrected chi connectivity index (χ1v) is 8.91.